The molecule has 0 aliphatic rings. The van der Waals surface area contributed by atoms with Crippen LogP contribution in [0, 0.1) is 29.6 Å². The molecule has 1 rings (SSSR count). The van der Waals surface area contributed by atoms with Crippen LogP contribution in [-0.4, -0.2) is 29.9 Å². The first-order valence-electron chi connectivity index (χ1n) is 6.57. The molecule has 1 aromatic rings. The molecule has 6 nitrogen and oxygen atoms in total. The topological polar surface area (TPSA) is 108 Å². The van der Waals surface area contributed by atoms with Gasteiger partial charge in [-0.15, -0.1) is 11.3 Å². The van der Waals surface area contributed by atoms with Crippen molar-refractivity contribution in [3.63, 3.8) is 0 Å². The van der Waals surface area contributed by atoms with E-state index in [-0.39, 0.29) is 24.3 Å². The standard InChI is InChI=1S/C15H16N2O4S/c1-9-3-5-14(22-9)12(18)4-6-15(20)21-8-13(19)11(7-16)10(2)17/h3,5,11,17H,4,6,8H2,1-2H3/t11-/m0/s1. The minimum atomic E-state index is -1.19. The van der Waals surface area contributed by atoms with Crippen LogP contribution in [-0.2, 0) is 14.3 Å². The summed E-state index contributed by atoms with van der Waals surface area (Å²) in [6.45, 7) is 2.67. The number of thiophene rings is 1. The molecule has 0 saturated carbocycles. The number of esters is 1. The maximum absolute atomic E-state index is 11.8. The quantitative estimate of drug-likeness (QED) is 0.449. The lowest BCUT2D eigenvalue weighted by Crippen LogP contribution is -2.25. The fraction of sp³-hybridized carbons (Fsp3) is 0.400. The highest BCUT2D eigenvalue weighted by Gasteiger charge is 2.21. The second-order valence-electron chi connectivity index (χ2n) is 4.71. The summed E-state index contributed by atoms with van der Waals surface area (Å²) >= 11 is 1.36. The molecule has 0 radical (unpaired) electrons. The van der Waals surface area contributed by atoms with Gasteiger partial charge in [-0.1, -0.05) is 0 Å². The minimum absolute atomic E-state index is 0.0122. The smallest absolute Gasteiger partial charge is 0.306 e. The van der Waals surface area contributed by atoms with E-state index in [4.69, 9.17) is 15.4 Å². The van der Waals surface area contributed by atoms with E-state index in [1.165, 1.54) is 18.3 Å². The van der Waals surface area contributed by atoms with Gasteiger partial charge in [-0.05, 0) is 26.0 Å². The summed E-state index contributed by atoms with van der Waals surface area (Å²) in [6.07, 6.45) is -0.109. The van der Waals surface area contributed by atoms with E-state index in [2.05, 4.69) is 0 Å². The average molecular weight is 320 g/mol. The first-order chi connectivity index (χ1) is 10.3. The summed E-state index contributed by atoms with van der Waals surface area (Å²) in [6, 6.07) is 5.22. The van der Waals surface area contributed by atoms with Gasteiger partial charge >= 0.3 is 5.97 Å². The highest BCUT2D eigenvalue weighted by molar-refractivity contribution is 7.14. The number of carbonyl (C=O) groups is 3. The Kier molecular flexibility index (Phi) is 6.60. The van der Waals surface area contributed by atoms with E-state index in [1.54, 1.807) is 12.1 Å². The van der Waals surface area contributed by atoms with Gasteiger partial charge in [-0.25, -0.2) is 0 Å². The van der Waals surface area contributed by atoms with E-state index in [9.17, 15) is 14.4 Å². The monoisotopic (exact) mass is 320 g/mol. The second kappa shape index (κ2) is 8.20. The van der Waals surface area contributed by atoms with E-state index >= 15 is 0 Å². The van der Waals surface area contributed by atoms with Crippen molar-refractivity contribution >= 4 is 34.6 Å². The molecule has 0 aliphatic heterocycles. The van der Waals surface area contributed by atoms with Crippen LogP contribution in [0.2, 0.25) is 0 Å². The van der Waals surface area contributed by atoms with E-state index in [1.807, 2.05) is 13.0 Å². The Morgan fingerprint density at radius 1 is 1.36 bits per heavy atom. The van der Waals surface area contributed by atoms with Gasteiger partial charge in [0.2, 0.25) is 0 Å². The van der Waals surface area contributed by atoms with Crippen molar-refractivity contribution in [2.75, 3.05) is 6.61 Å². The number of carbonyl (C=O) groups excluding carboxylic acids is 3. The molecule has 0 unspecified atom stereocenters. The molecular formula is C15H16N2O4S. The number of ether oxygens (including phenoxy) is 1. The molecule has 0 saturated heterocycles. The lowest BCUT2D eigenvalue weighted by molar-refractivity contribution is -0.148. The third kappa shape index (κ3) is 5.22. The van der Waals surface area contributed by atoms with Gasteiger partial charge in [0.15, 0.2) is 18.2 Å². The van der Waals surface area contributed by atoms with Crippen LogP contribution in [0.3, 0.4) is 0 Å². The number of ketones is 2. The zero-order valence-electron chi connectivity index (χ0n) is 12.3. The number of aryl methyl sites for hydroxylation is 1. The number of hydrogen-bond acceptors (Lipinski definition) is 7. The molecular weight excluding hydrogens is 304 g/mol. The zero-order chi connectivity index (χ0) is 16.7. The summed E-state index contributed by atoms with van der Waals surface area (Å²) in [4.78, 5) is 36.5. The summed E-state index contributed by atoms with van der Waals surface area (Å²) in [7, 11) is 0. The average Bonchev–Trinajstić information content (AvgIpc) is 2.89. The van der Waals surface area contributed by atoms with Crippen LogP contribution in [0.4, 0.5) is 0 Å². The van der Waals surface area contributed by atoms with Crippen LogP contribution in [0.15, 0.2) is 12.1 Å². The maximum Gasteiger partial charge on any atom is 0.306 e. The molecule has 0 bridgehead atoms. The molecule has 1 aromatic heterocycles. The van der Waals surface area contributed by atoms with Crippen LogP contribution in [0.25, 0.3) is 0 Å². The van der Waals surface area contributed by atoms with Crippen LogP contribution in [0.5, 0.6) is 0 Å². The predicted molar refractivity (Wildman–Crippen MR) is 81.1 cm³/mol. The van der Waals surface area contributed by atoms with Crippen molar-refractivity contribution in [1.82, 2.24) is 0 Å². The first kappa shape index (κ1) is 17.7. The number of nitrogens with zero attached hydrogens (tertiary/aromatic N) is 1. The van der Waals surface area contributed by atoms with Crippen molar-refractivity contribution in [1.29, 1.82) is 10.7 Å². The van der Waals surface area contributed by atoms with Crippen LogP contribution in [0.1, 0.15) is 34.3 Å². The Hall–Kier alpha value is -2.33. The molecule has 22 heavy (non-hydrogen) atoms. The van der Waals surface area contributed by atoms with Crippen molar-refractivity contribution in [2.24, 2.45) is 5.92 Å². The Bertz CT molecular complexity index is 642. The number of nitriles is 1. The largest absolute Gasteiger partial charge is 0.458 e. The minimum Gasteiger partial charge on any atom is -0.458 e. The van der Waals surface area contributed by atoms with Crippen LogP contribution >= 0.6 is 11.3 Å². The molecule has 0 aromatic carbocycles. The number of hydrogen-bond donors (Lipinski definition) is 1. The molecule has 0 spiro atoms. The summed E-state index contributed by atoms with van der Waals surface area (Å²) in [5.74, 6) is -2.65. The number of rotatable bonds is 8. The molecule has 116 valence electrons. The second-order valence-corrected chi connectivity index (χ2v) is 5.99. The van der Waals surface area contributed by atoms with Gasteiger partial charge in [-0.2, -0.15) is 5.26 Å². The fourth-order valence-corrected chi connectivity index (χ4v) is 2.48. The SMILES string of the molecule is CC(=N)[C@H](C#N)C(=O)COC(=O)CCC(=O)c1ccc(C)s1. The van der Waals surface area contributed by atoms with Gasteiger partial charge in [0, 0.05) is 17.0 Å². The predicted octanol–water partition coefficient (Wildman–Crippen LogP) is 2.31. The van der Waals surface area contributed by atoms with Crippen molar-refractivity contribution in [2.45, 2.75) is 26.7 Å². The lowest BCUT2D eigenvalue weighted by atomic mass is 10.0. The third-order valence-corrected chi connectivity index (χ3v) is 3.87. The molecule has 7 heteroatoms. The molecule has 0 fully saturated rings. The molecule has 1 N–H and O–H groups in total. The van der Waals surface area contributed by atoms with Gasteiger partial charge in [0.25, 0.3) is 0 Å². The van der Waals surface area contributed by atoms with Crippen molar-refractivity contribution < 1.29 is 19.1 Å². The summed E-state index contributed by atoms with van der Waals surface area (Å²) < 4.78 is 4.74. The van der Waals surface area contributed by atoms with Gasteiger partial charge < -0.3 is 10.1 Å². The number of Topliss-reactive ketones (excluding diaryl/α,β-unsaturated/α-hetero) is 2. The molecule has 1 atom stereocenters. The van der Waals surface area contributed by atoms with Gasteiger partial charge in [-0.3, -0.25) is 14.4 Å². The third-order valence-electron chi connectivity index (χ3n) is 2.83. The van der Waals surface area contributed by atoms with Crippen molar-refractivity contribution in [3.05, 3.63) is 21.9 Å². The lowest BCUT2D eigenvalue weighted by Gasteiger charge is -2.07. The maximum atomic E-state index is 11.8. The van der Waals surface area contributed by atoms with Gasteiger partial charge in [0.1, 0.15) is 5.92 Å². The Labute approximate surface area is 132 Å². The highest BCUT2D eigenvalue weighted by atomic mass is 32.1. The first-order valence-corrected chi connectivity index (χ1v) is 7.39. The van der Waals surface area contributed by atoms with E-state index in [0.29, 0.717) is 4.88 Å². The summed E-state index contributed by atoms with van der Waals surface area (Å²) in [5, 5.41) is 16.0. The Morgan fingerprint density at radius 3 is 2.55 bits per heavy atom. The van der Waals surface area contributed by atoms with Crippen LogP contribution < -0.4 is 0 Å². The Morgan fingerprint density at radius 2 is 2.05 bits per heavy atom. The van der Waals surface area contributed by atoms with Crippen molar-refractivity contribution in [3.8, 4) is 6.07 Å². The Balaban J connectivity index is 2.38. The molecule has 0 aliphatic carbocycles. The molecule has 1 heterocycles. The number of nitrogens with one attached hydrogen (secondary N) is 1. The van der Waals surface area contributed by atoms with E-state index < -0.39 is 24.3 Å². The van der Waals surface area contributed by atoms with E-state index in [0.717, 1.165) is 4.88 Å². The fourth-order valence-electron chi connectivity index (χ4n) is 1.64. The molecule has 0 amide bonds. The summed E-state index contributed by atoms with van der Waals surface area (Å²) in [5.41, 5.74) is -0.0909. The van der Waals surface area contributed by atoms with Gasteiger partial charge in [0.05, 0.1) is 17.4 Å². The normalized spacial score (nSPS) is 11.3. The zero-order valence-corrected chi connectivity index (χ0v) is 13.2. The highest BCUT2D eigenvalue weighted by Crippen LogP contribution is 2.17.